The van der Waals surface area contributed by atoms with Gasteiger partial charge >= 0.3 is 5.97 Å². The minimum absolute atomic E-state index is 1.09. The first-order valence-corrected chi connectivity index (χ1v) is 3.98. The quantitative estimate of drug-likeness (QED) is 0.316. The van der Waals surface area contributed by atoms with E-state index in [0.29, 0.717) is 0 Å². The topological polar surface area (TPSA) is 127 Å². The summed E-state index contributed by atoms with van der Waals surface area (Å²) in [5.74, 6) is -4.69. The molecule has 0 aromatic rings. The van der Waals surface area contributed by atoms with Gasteiger partial charge in [0.15, 0.2) is 0 Å². The zero-order chi connectivity index (χ0) is 11.1. The molecule has 0 aliphatic carbocycles. The zero-order valence-electron chi connectivity index (χ0n) is 7.36. The van der Waals surface area contributed by atoms with Crippen LogP contribution in [0.1, 0.15) is 6.92 Å². The van der Waals surface area contributed by atoms with Crippen LogP contribution in [0.4, 0.5) is 0 Å². The summed E-state index contributed by atoms with van der Waals surface area (Å²) in [5.41, 5.74) is 0. The lowest BCUT2D eigenvalue weighted by molar-refractivity contribution is -0.331. The molecular formula is C7H12O7. The van der Waals surface area contributed by atoms with Crippen molar-refractivity contribution >= 4 is 5.97 Å². The highest BCUT2D eigenvalue weighted by molar-refractivity contribution is 5.76. The Morgan fingerprint density at radius 3 is 2.21 bits per heavy atom. The third-order valence-electron chi connectivity index (χ3n) is 2.23. The summed E-state index contributed by atoms with van der Waals surface area (Å²) in [6.45, 7) is 1.27. The van der Waals surface area contributed by atoms with Crippen molar-refractivity contribution in [1.29, 1.82) is 0 Å². The van der Waals surface area contributed by atoms with Crippen molar-refractivity contribution in [2.75, 3.05) is 0 Å². The van der Waals surface area contributed by atoms with Gasteiger partial charge in [0, 0.05) is 0 Å². The van der Waals surface area contributed by atoms with Crippen LogP contribution >= 0.6 is 0 Å². The summed E-state index contributed by atoms with van der Waals surface area (Å²) in [4.78, 5) is 10.6. The van der Waals surface area contributed by atoms with Crippen molar-refractivity contribution in [3.05, 3.63) is 0 Å². The van der Waals surface area contributed by atoms with Gasteiger partial charge in [-0.3, -0.25) is 0 Å². The number of aliphatic hydroxyl groups is 4. The van der Waals surface area contributed by atoms with Crippen molar-refractivity contribution in [2.24, 2.45) is 0 Å². The molecule has 0 bridgehead atoms. The van der Waals surface area contributed by atoms with Gasteiger partial charge in [-0.2, -0.15) is 0 Å². The molecular weight excluding hydrogens is 196 g/mol. The van der Waals surface area contributed by atoms with Crippen LogP contribution < -0.4 is 0 Å². The first-order chi connectivity index (χ1) is 6.30. The Bertz CT molecular complexity index is 242. The van der Waals surface area contributed by atoms with Gasteiger partial charge < -0.3 is 30.3 Å². The third kappa shape index (κ3) is 1.49. The smallest absolute Gasteiger partial charge is 0.367 e. The number of aliphatic hydroxyl groups excluding tert-OH is 3. The summed E-state index contributed by atoms with van der Waals surface area (Å²) in [5, 5.41) is 45.5. The molecule has 5 N–H and O–H groups in total. The Morgan fingerprint density at radius 2 is 1.79 bits per heavy atom. The highest BCUT2D eigenvalue weighted by Gasteiger charge is 2.56. The van der Waals surface area contributed by atoms with Gasteiger partial charge in [0.2, 0.25) is 0 Å². The molecule has 82 valence electrons. The van der Waals surface area contributed by atoms with Crippen LogP contribution in [-0.2, 0) is 9.53 Å². The molecule has 0 aromatic heterocycles. The molecule has 1 rings (SSSR count). The highest BCUT2D eigenvalue weighted by Crippen LogP contribution is 2.28. The maximum atomic E-state index is 10.6. The molecule has 0 unspecified atom stereocenters. The molecule has 0 aromatic carbocycles. The van der Waals surface area contributed by atoms with Crippen LogP contribution in [0.25, 0.3) is 0 Å². The van der Waals surface area contributed by atoms with Gasteiger partial charge in [0.25, 0.3) is 5.79 Å². The number of rotatable bonds is 1. The minimum atomic E-state index is -2.88. The van der Waals surface area contributed by atoms with Crippen molar-refractivity contribution in [3.63, 3.8) is 0 Å². The van der Waals surface area contributed by atoms with Gasteiger partial charge in [-0.25, -0.2) is 4.79 Å². The van der Waals surface area contributed by atoms with E-state index in [4.69, 9.17) is 5.11 Å². The molecule has 7 nitrogen and oxygen atoms in total. The lowest BCUT2D eigenvalue weighted by atomic mass is 9.93. The second-order valence-electron chi connectivity index (χ2n) is 3.25. The first-order valence-electron chi connectivity index (χ1n) is 3.98. The van der Waals surface area contributed by atoms with Crippen LogP contribution in [0.2, 0.25) is 0 Å². The molecule has 0 amide bonds. The van der Waals surface area contributed by atoms with Crippen molar-refractivity contribution < 1.29 is 35.1 Å². The van der Waals surface area contributed by atoms with E-state index >= 15 is 0 Å². The van der Waals surface area contributed by atoms with E-state index in [-0.39, 0.29) is 0 Å². The molecule has 0 radical (unpaired) electrons. The Balaban J connectivity index is 2.96. The molecule has 14 heavy (non-hydrogen) atoms. The molecule has 5 atom stereocenters. The van der Waals surface area contributed by atoms with Crippen LogP contribution in [0.15, 0.2) is 0 Å². The van der Waals surface area contributed by atoms with E-state index in [1.807, 2.05) is 0 Å². The van der Waals surface area contributed by atoms with Gasteiger partial charge in [-0.1, -0.05) is 0 Å². The first kappa shape index (κ1) is 11.3. The summed E-state index contributed by atoms with van der Waals surface area (Å²) in [6.07, 6.45) is -6.38. The number of ether oxygens (including phenoxy) is 1. The maximum absolute atomic E-state index is 10.6. The van der Waals surface area contributed by atoms with E-state index in [1.165, 1.54) is 6.92 Å². The highest BCUT2D eigenvalue weighted by atomic mass is 16.7. The molecule has 1 fully saturated rings. The summed E-state index contributed by atoms with van der Waals surface area (Å²) in [6, 6.07) is 0. The number of aliphatic carboxylic acids is 1. The van der Waals surface area contributed by atoms with Gasteiger partial charge in [-0.05, 0) is 6.92 Å². The third-order valence-corrected chi connectivity index (χ3v) is 2.23. The monoisotopic (exact) mass is 208 g/mol. The fourth-order valence-corrected chi connectivity index (χ4v) is 1.30. The summed E-state index contributed by atoms with van der Waals surface area (Å²) < 4.78 is 4.53. The molecule has 1 saturated heterocycles. The van der Waals surface area contributed by atoms with Gasteiger partial charge in [0.1, 0.15) is 18.3 Å². The Hall–Kier alpha value is -0.730. The maximum Gasteiger partial charge on any atom is 0.367 e. The molecule has 1 aliphatic heterocycles. The molecule has 0 spiro atoms. The predicted octanol–water partition coefficient (Wildman–Crippen LogP) is -2.74. The van der Waals surface area contributed by atoms with Gasteiger partial charge in [-0.15, -0.1) is 0 Å². The molecule has 1 aliphatic rings. The number of carboxylic acids is 1. The average molecular weight is 208 g/mol. The number of carboxylic acid groups (broad SMARTS) is 1. The van der Waals surface area contributed by atoms with Crippen LogP contribution in [0, 0.1) is 0 Å². The summed E-state index contributed by atoms with van der Waals surface area (Å²) in [7, 11) is 0. The largest absolute Gasteiger partial charge is 0.477 e. The number of hydrogen-bond donors (Lipinski definition) is 5. The second kappa shape index (κ2) is 3.44. The Morgan fingerprint density at radius 1 is 1.29 bits per heavy atom. The second-order valence-corrected chi connectivity index (χ2v) is 3.25. The standard InChI is InChI=1S/C7H12O7/c1-2-3(8)4(9)5(10)7(13,14-2)6(11)12/h2-5,8-10,13H,1H3,(H,11,12)/t2-,3-,4+,5+,7+/m1/s1. The Kier molecular flexibility index (Phi) is 2.79. The summed E-state index contributed by atoms with van der Waals surface area (Å²) >= 11 is 0. The van der Waals surface area contributed by atoms with Crippen molar-refractivity contribution in [1.82, 2.24) is 0 Å². The van der Waals surface area contributed by atoms with Crippen LogP contribution in [0.3, 0.4) is 0 Å². The number of hydrogen-bond acceptors (Lipinski definition) is 6. The Labute approximate surface area is 79.2 Å². The fraction of sp³-hybridized carbons (Fsp3) is 0.857. The molecule has 1 heterocycles. The van der Waals surface area contributed by atoms with Crippen LogP contribution in [-0.4, -0.2) is 61.7 Å². The minimum Gasteiger partial charge on any atom is -0.477 e. The van der Waals surface area contributed by atoms with E-state index in [2.05, 4.69) is 4.74 Å². The molecule has 7 heteroatoms. The van der Waals surface area contributed by atoms with E-state index in [0.717, 1.165) is 0 Å². The lowest BCUT2D eigenvalue weighted by Gasteiger charge is -2.42. The van der Waals surface area contributed by atoms with Crippen molar-refractivity contribution in [2.45, 2.75) is 37.1 Å². The van der Waals surface area contributed by atoms with E-state index in [9.17, 15) is 25.2 Å². The van der Waals surface area contributed by atoms with Crippen molar-refractivity contribution in [3.8, 4) is 0 Å². The van der Waals surface area contributed by atoms with Gasteiger partial charge in [0.05, 0.1) is 6.10 Å². The van der Waals surface area contributed by atoms with E-state index < -0.39 is 36.2 Å². The number of carbonyl (C=O) groups is 1. The lowest BCUT2D eigenvalue weighted by Crippen LogP contribution is -2.66. The van der Waals surface area contributed by atoms with E-state index in [1.54, 1.807) is 0 Å². The zero-order valence-corrected chi connectivity index (χ0v) is 7.36. The predicted molar refractivity (Wildman–Crippen MR) is 41.2 cm³/mol. The fourth-order valence-electron chi connectivity index (χ4n) is 1.30. The normalized spacial score (nSPS) is 48.9. The molecule has 0 saturated carbocycles. The van der Waals surface area contributed by atoms with Crippen LogP contribution in [0.5, 0.6) is 0 Å². The average Bonchev–Trinajstić information content (AvgIpc) is 2.11. The SMILES string of the molecule is C[C@H]1O[C@](O)(C(=O)O)[C@@H](O)[C@@H](O)[C@@H]1O.